The molecule has 0 saturated carbocycles. The molecule has 1 aromatic heterocycles. The third-order valence-electron chi connectivity index (χ3n) is 3.39. The van der Waals surface area contributed by atoms with E-state index in [-0.39, 0.29) is 0 Å². The van der Waals surface area contributed by atoms with Crippen LogP contribution in [0.1, 0.15) is 38.4 Å². The van der Waals surface area contributed by atoms with E-state index in [0.29, 0.717) is 6.04 Å². The molecule has 5 nitrogen and oxygen atoms in total. The van der Waals surface area contributed by atoms with Crippen LogP contribution in [0.15, 0.2) is 12.3 Å². The standard InChI is InChI=1S/C15H30N4O/c1-5-15(6-2)19-9-7-14(17-19)13-16-8-11-20-12-10-18(3)4/h7,9,15-16H,5-6,8,10-13H2,1-4H3. The van der Waals surface area contributed by atoms with Crippen LogP contribution in [0.3, 0.4) is 0 Å². The average Bonchev–Trinajstić information content (AvgIpc) is 2.87. The molecule has 1 aromatic rings. The van der Waals surface area contributed by atoms with Gasteiger partial charge in [-0.25, -0.2) is 0 Å². The lowest BCUT2D eigenvalue weighted by Crippen LogP contribution is -2.23. The molecule has 0 atom stereocenters. The van der Waals surface area contributed by atoms with Crippen LogP contribution >= 0.6 is 0 Å². The highest BCUT2D eigenvalue weighted by Crippen LogP contribution is 2.14. The molecule has 0 radical (unpaired) electrons. The van der Waals surface area contributed by atoms with Gasteiger partial charge in [-0.15, -0.1) is 0 Å². The van der Waals surface area contributed by atoms with Gasteiger partial charge in [0.2, 0.25) is 0 Å². The second kappa shape index (κ2) is 9.91. The average molecular weight is 282 g/mol. The molecule has 0 fully saturated rings. The summed E-state index contributed by atoms with van der Waals surface area (Å²) >= 11 is 0. The maximum Gasteiger partial charge on any atom is 0.0762 e. The molecule has 0 bridgehead atoms. The van der Waals surface area contributed by atoms with Gasteiger partial charge in [0.15, 0.2) is 0 Å². The monoisotopic (exact) mass is 282 g/mol. The van der Waals surface area contributed by atoms with Crippen molar-refractivity contribution < 1.29 is 4.74 Å². The summed E-state index contributed by atoms with van der Waals surface area (Å²) < 4.78 is 7.62. The maximum absolute atomic E-state index is 5.53. The molecule has 0 unspecified atom stereocenters. The van der Waals surface area contributed by atoms with Crippen LogP contribution in [0.2, 0.25) is 0 Å². The Labute approximate surface area is 123 Å². The van der Waals surface area contributed by atoms with E-state index in [0.717, 1.165) is 51.4 Å². The molecule has 1 heterocycles. The van der Waals surface area contributed by atoms with E-state index < -0.39 is 0 Å². The van der Waals surface area contributed by atoms with Crippen molar-refractivity contribution in [2.45, 2.75) is 39.3 Å². The van der Waals surface area contributed by atoms with Crippen molar-refractivity contribution in [3.8, 4) is 0 Å². The first-order chi connectivity index (χ1) is 9.67. The van der Waals surface area contributed by atoms with Gasteiger partial charge < -0.3 is 15.0 Å². The van der Waals surface area contributed by atoms with Crippen LogP contribution in [0.4, 0.5) is 0 Å². The Morgan fingerprint density at radius 3 is 2.70 bits per heavy atom. The van der Waals surface area contributed by atoms with Gasteiger partial charge in [-0.2, -0.15) is 5.10 Å². The SMILES string of the molecule is CCC(CC)n1ccc(CNCCOCCN(C)C)n1. The lowest BCUT2D eigenvalue weighted by Gasteiger charge is -2.12. The number of nitrogens with zero attached hydrogens (tertiary/aromatic N) is 3. The number of nitrogens with one attached hydrogen (secondary N) is 1. The van der Waals surface area contributed by atoms with Crippen molar-refractivity contribution in [3.05, 3.63) is 18.0 Å². The van der Waals surface area contributed by atoms with Crippen LogP contribution in [0.5, 0.6) is 0 Å². The summed E-state index contributed by atoms with van der Waals surface area (Å²) in [5, 5.41) is 7.98. The Morgan fingerprint density at radius 2 is 2.05 bits per heavy atom. The summed E-state index contributed by atoms with van der Waals surface area (Å²) in [4.78, 5) is 2.12. The first-order valence-electron chi connectivity index (χ1n) is 7.64. The van der Waals surface area contributed by atoms with Crippen molar-refractivity contribution >= 4 is 0 Å². The highest BCUT2D eigenvalue weighted by atomic mass is 16.5. The van der Waals surface area contributed by atoms with Crippen LogP contribution in [0, 0.1) is 0 Å². The molecule has 0 amide bonds. The normalized spacial score (nSPS) is 11.7. The number of aromatic nitrogens is 2. The van der Waals surface area contributed by atoms with E-state index in [1.54, 1.807) is 0 Å². The minimum atomic E-state index is 0.526. The molecular formula is C15H30N4O. The van der Waals surface area contributed by atoms with Gasteiger partial charge in [0.1, 0.15) is 0 Å². The first-order valence-corrected chi connectivity index (χ1v) is 7.64. The Hall–Kier alpha value is -0.910. The largest absolute Gasteiger partial charge is 0.379 e. The molecule has 1 N–H and O–H groups in total. The lowest BCUT2D eigenvalue weighted by molar-refractivity contribution is 0.119. The maximum atomic E-state index is 5.53. The number of hydrogen-bond acceptors (Lipinski definition) is 4. The van der Waals surface area contributed by atoms with Gasteiger partial charge in [-0.1, -0.05) is 13.8 Å². The predicted octanol–water partition coefficient (Wildman–Crippen LogP) is 1.91. The Bertz CT molecular complexity index is 347. The van der Waals surface area contributed by atoms with Crippen molar-refractivity contribution in [1.82, 2.24) is 20.0 Å². The van der Waals surface area contributed by atoms with Crippen LogP contribution < -0.4 is 5.32 Å². The summed E-state index contributed by atoms with van der Waals surface area (Å²) in [6.45, 7) is 8.60. The Kier molecular flexibility index (Phi) is 8.49. The molecule has 0 aliphatic heterocycles. The Balaban J connectivity index is 2.13. The Morgan fingerprint density at radius 1 is 1.30 bits per heavy atom. The van der Waals surface area contributed by atoms with E-state index in [2.05, 4.69) is 60.2 Å². The van der Waals surface area contributed by atoms with E-state index in [1.165, 1.54) is 0 Å². The van der Waals surface area contributed by atoms with Gasteiger partial charge >= 0.3 is 0 Å². The highest BCUT2D eigenvalue weighted by Gasteiger charge is 2.07. The smallest absolute Gasteiger partial charge is 0.0762 e. The zero-order valence-corrected chi connectivity index (χ0v) is 13.4. The fourth-order valence-electron chi connectivity index (χ4n) is 2.05. The number of likely N-dealkylation sites (N-methyl/N-ethyl adjacent to an activating group) is 1. The molecule has 116 valence electrons. The highest BCUT2D eigenvalue weighted by molar-refractivity contribution is 4.99. The molecule has 5 heteroatoms. The fourth-order valence-corrected chi connectivity index (χ4v) is 2.05. The van der Waals surface area contributed by atoms with Gasteiger partial charge in [0.05, 0.1) is 24.9 Å². The van der Waals surface area contributed by atoms with Gasteiger partial charge in [-0.3, -0.25) is 4.68 Å². The minimum Gasteiger partial charge on any atom is -0.379 e. The second-order valence-electron chi connectivity index (χ2n) is 5.35. The lowest BCUT2D eigenvalue weighted by atomic mass is 10.2. The van der Waals surface area contributed by atoms with Crippen molar-refractivity contribution in [2.24, 2.45) is 0 Å². The van der Waals surface area contributed by atoms with E-state index in [1.807, 2.05) is 0 Å². The summed E-state index contributed by atoms with van der Waals surface area (Å²) in [5.74, 6) is 0. The van der Waals surface area contributed by atoms with Crippen LogP contribution in [0.25, 0.3) is 0 Å². The topological polar surface area (TPSA) is 42.3 Å². The summed E-state index contributed by atoms with van der Waals surface area (Å²) in [6, 6.07) is 2.62. The van der Waals surface area contributed by atoms with Gasteiger partial charge in [0, 0.05) is 25.8 Å². The summed E-state index contributed by atoms with van der Waals surface area (Å²) in [5.41, 5.74) is 1.10. The number of rotatable bonds is 11. The van der Waals surface area contributed by atoms with E-state index in [9.17, 15) is 0 Å². The van der Waals surface area contributed by atoms with E-state index in [4.69, 9.17) is 4.74 Å². The minimum absolute atomic E-state index is 0.526. The molecule has 0 saturated heterocycles. The van der Waals surface area contributed by atoms with Gasteiger partial charge in [-0.05, 0) is 33.0 Å². The molecule has 1 rings (SSSR count). The van der Waals surface area contributed by atoms with Crippen LogP contribution in [-0.2, 0) is 11.3 Å². The summed E-state index contributed by atoms with van der Waals surface area (Å²) in [7, 11) is 4.11. The first kappa shape index (κ1) is 17.1. The van der Waals surface area contributed by atoms with Crippen molar-refractivity contribution in [1.29, 1.82) is 0 Å². The van der Waals surface area contributed by atoms with Crippen molar-refractivity contribution in [3.63, 3.8) is 0 Å². The third kappa shape index (κ3) is 6.50. The van der Waals surface area contributed by atoms with Crippen molar-refractivity contribution in [2.75, 3.05) is 40.4 Å². The number of ether oxygens (including phenoxy) is 1. The van der Waals surface area contributed by atoms with Crippen LogP contribution in [-0.4, -0.2) is 55.1 Å². The zero-order chi connectivity index (χ0) is 14.8. The number of hydrogen-bond donors (Lipinski definition) is 1. The second-order valence-corrected chi connectivity index (χ2v) is 5.35. The zero-order valence-electron chi connectivity index (χ0n) is 13.4. The molecule has 0 spiro atoms. The van der Waals surface area contributed by atoms with E-state index >= 15 is 0 Å². The fraction of sp³-hybridized carbons (Fsp3) is 0.800. The van der Waals surface area contributed by atoms with Gasteiger partial charge in [0.25, 0.3) is 0 Å². The molecule has 20 heavy (non-hydrogen) atoms. The quantitative estimate of drug-likeness (QED) is 0.630. The molecule has 0 aliphatic rings. The molecular weight excluding hydrogens is 252 g/mol. The predicted molar refractivity (Wildman–Crippen MR) is 82.9 cm³/mol. The molecule has 0 aromatic carbocycles. The third-order valence-corrected chi connectivity index (χ3v) is 3.39. The summed E-state index contributed by atoms with van der Waals surface area (Å²) in [6.07, 6.45) is 4.35. The molecule has 0 aliphatic carbocycles.